The van der Waals surface area contributed by atoms with E-state index >= 15 is 0 Å². The highest BCUT2D eigenvalue weighted by molar-refractivity contribution is 9.10. The van der Waals surface area contributed by atoms with Crippen molar-refractivity contribution in [3.8, 4) is 17.2 Å². The minimum Gasteiger partial charge on any atom is -0.493 e. The van der Waals surface area contributed by atoms with E-state index in [1.807, 2.05) is 54.6 Å². The molecule has 4 aromatic carbocycles. The van der Waals surface area contributed by atoms with Gasteiger partial charge in [-0.15, -0.1) is 0 Å². The number of benzene rings is 4. The van der Waals surface area contributed by atoms with E-state index in [4.69, 9.17) is 14.2 Å². The molecule has 1 saturated heterocycles. The number of rotatable bonds is 9. The van der Waals surface area contributed by atoms with Gasteiger partial charge in [0.1, 0.15) is 24.5 Å². The Hall–Kier alpha value is -4.89. The van der Waals surface area contributed by atoms with E-state index in [0.717, 1.165) is 20.5 Å². The lowest BCUT2D eigenvalue weighted by atomic mass is 10.1. The zero-order valence-corrected chi connectivity index (χ0v) is 23.6. The maximum Gasteiger partial charge on any atom is 0.335 e. The topological polar surface area (TPSA) is 94.2 Å². The molecule has 4 aromatic rings. The molecule has 0 aromatic heterocycles. The molecule has 1 N–H and O–H groups in total. The Morgan fingerprint density at radius 1 is 0.780 bits per heavy atom. The summed E-state index contributed by atoms with van der Waals surface area (Å²) in [5.74, 6) is -0.0220. The molecule has 41 heavy (non-hydrogen) atoms. The monoisotopic (exact) mass is 612 g/mol. The molecular formula is C32H25BrN2O6. The summed E-state index contributed by atoms with van der Waals surface area (Å²) in [6.07, 6.45) is 1.41. The van der Waals surface area contributed by atoms with E-state index in [9.17, 15) is 14.4 Å². The van der Waals surface area contributed by atoms with Crippen molar-refractivity contribution in [2.24, 2.45) is 0 Å². The molecular weight excluding hydrogens is 588 g/mol. The number of amides is 4. The van der Waals surface area contributed by atoms with Gasteiger partial charge in [-0.25, -0.2) is 9.69 Å². The van der Waals surface area contributed by atoms with E-state index in [2.05, 4.69) is 21.2 Å². The maximum absolute atomic E-state index is 13.3. The molecule has 0 aliphatic carbocycles. The summed E-state index contributed by atoms with van der Waals surface area (Å²) in [6.45, 7) is 0.709. The Labute approximate surface area is 245 Å². The van der Waals surface area contributed by atoms with Crippen LogP contribution in [0.5, 0.6) is 17.2 Å². The number of nitrogens with one attached hydrogen (secondary N) is 1. The number of imide groups is 2. The van der Waals surface area contributed by atoms with Crippen LogP contribution < -0.4 is 24.4 Å². The summed E-state index contributed by atoms with van der Waals surface area (Å²) in [5, 5.41) is 2.24. The number of urea groups is 1. The van der Waals surface area contributed by atoms with Crippen LogP contribution >= 0.6 is 15.9 Å². The van der Waals surface area contributed by atoms with Crippen molar-refractivity contribution in [1.82, 2.24) is 5.32 Å². The van der Waals surface area contributed by atoms with E-state index in [-0.39, 0.29) is 5.57 Å². The summed E-state index contributed by atoms with van der Waals surface area (Å²) >= 11 is 3.41. The van der Waals surface area contributed by atoms with E-state index in [1.165, 1.54) is 13.2 Å². The highest BCUT2D eigenvalue weighted by Crippen LogP contribution is 2.31. The summed E-state index contributed by atoms with van der Waals surface area (Å²) in [7, 11) is 1.50. The molecule has 1 aliphatic rings. The third-order valence-electron chi connectivity index (χ3n) is 6.25. The van der Waals surface area contributed by atoms with Crippen LogP contribution in [-0.4, -0.2) is 25.0 Å². The van der Waals surface area contributed by atoms with Crippen LogP contribution in [0.4, 0.5) is 10.5 Å². The second kappa shape index (κ2) is 12.5. The largest absolute Gasteiger partial charge is 0.493 e. The van der Waals surface area contributed by atoms with Gasteiger partial charge in [0.2, 0.25) is 0 Å². The highest BCUT2D eigenvalue weighted by Gasteiger charge is 2.36. The first-order chi connectivity index (χ1) is 19.9. The number of halogens is 1. The predicted molar refractivity (Wildman–Crippen MR) is 158 cm³/mol. The second-order valence-corrected chi connectivity index (χ2v) is 9.97. The lowest BCUT2D eigenvalue weighted by Crippen LogP contribution is -2.54. The zero-order valence-electron chi connectivity index (χ0n) is 22.0. The zero-order chi connectivity index (χ0) is 28.8. The van der Waals surface area contributed by atoms with Gasteiger partial charge in [0, 0.05) is 4.47 Å². The number of hydrogen-bond donors (Lipinski definition) is 1. The molecule has 0 unspecified atom stereocenters. The molecule has 0 saturated carbocycles. The normalized spacial score (nSPS) is 14.1. The lowest BCUT2D eigenvalue weighted by Gasteiger charge is -2.26. The third kappa shape index (κ3) is 6.64. The molecule has 0 bridgehead atoms. The summed E-state index contributed by atoms with van der Waals surface area (Å²) in [5.41, 5.74) is 2.62. The van der Waals surface area contributed by atoms with Crippen molar-refractivity contribution < 1.29 is 28.6 Å². The molecule has 9 heteroatoms. The van der Waals surface area contributed by atoms with Gasteiger partial charge in [0.15, 0.2) is 11.5 Å². The van der Waals surface area contributed by atoms with Gasteiger partial charge < -0.3 is 14.2 Å². The van der Waals surface area contributed by atoms with Crippen molar-refractivity contribution in [3.05, 3.63) is 124 Å². The first-order valence-electron chi connectivity index (χ1n) is 12.6. The summed E-state index contributed by atoms with van der Waals surface area (Å²) < 4.78 is 18.2. The maximum atomic E-state index is 13.3. The van der Waals surface area contributed by atoms with Crippen LogP contribution in [0.15, 0.2) is 107 Å². The number of ether oxygens (including phenoxy) is 3. The molecule has 5 rings (SSSR count). The molecule has 1 aliphatic heterocycles. The Morgan fingerprint density at radius 3 is 2.17 bits per heavy atom. The molecule has 0 atom stereocenters. The third-order valence-corrected chi connectivity index (χ3v) is 6.78. The fourth-order valence-electron chi connectivity index (χ4n) is 4.13. The van der Waals surface area contributed by atoms with E-state index in [1.54, 1.807) is 42.5 Å². The fourth-order valence-corrected chi connectivity index (χ4v) is 4.39. The predicted octanol–water partition coefficient (Wildman–Crippen LogP) is 6.28. The fraction of sp³-hybridized carbons (Fsp3) is 0.0938. The Kier molecular flexibility index (Phi) is 8.45. The van der Waals surface area contributed by atoms with Crippen LogP contribution in [0.1, 0.15) is 16.7 Å². The van der Waals surface area contributed by atoms with E-state index in [0.29, 0.717) is 41.7 Å². The van der Waals surface area contributed by atoms with Crippen LogP contribution in [0, 0.1) is 0 Å². The minimum atomic E-state index is -0.829. The first kappa shape index (κ1) is 27.7. The number of hydrogen-bond acceptors (Lipinski definition) is 6. The summed E-state index contributed by atoms with van der Waals surface area (Å²) in [4.78, 5) is 39.5. The Morgan fingerprint density at radius 2 is 1.46 bits per heavy atom. The van der Waals surface area contributed by atoms with Crippen molar-refractivity contribution in [2.75, 3.05) is 12.0 Å². The second-order valence-electron chi connectivity index (χ2n) is 9.05. The number of nitrogens with zero attached hydrogens (tertiary/aromatic N) is 1. The van der Waals surface area contributed by atoms with Crippen molar-refractivity contribution >= 4 is 45.5 Å². The molecule has 1 heterocycles. The number of barbiturate groups is 1. The molecule has 8 nitrogen and oxygen atoms in total. The number of carbonyl (C=O) groups excluding carboxylic acids is 3. The smallest absolute Gasteiger partial charge is 0.335 e. The molecule has 4 amide bonds. The molecule has 1 fully saturated rings. The Balaban J connectivity index is 1.31. The van der Waals surface area contributed by atoms with Crippen LogP contribution in [0.3, 0.4) is 0 Å². The van der Waals surface area contributed by atoms with Gasteiger partial charge >= 0.3 is 6.03 Å². The van der Waals surface area contributed by atoms with Crippen molar-refractivity contribution in [1.29, 1.82) is 0 Å². The van der Waals surface area contributed by atoms with Gasteiger partial charge in [-0.1, -0.05) is 64.5 Å². The van der Waals surface area contributed by atoms with Crippen molar-refractivity contribution in [3.63, 3.8) is 0 Å². The van der Waals surface area contributed by atoms with Crippen LogP contribution in [0.2, 0.25) is 0 Å². The van der Waals surface area contributed by atoms with Gasteiger partial charge in [0.25, 0.3) is 11.8 Å². The standard InChI is InChI=1S/C32H25BrN2O6/c1-39-29-18-23(9-16-28(29)41-20-22-7-10-24(33)11-8-22)17-27-30(36)34-32(38)35(31(27)37)25-12-14-26(15-13-25)40-19-21-5-3-2-4-6-21/h2-18H,19-20H2,1H3,(H,34,36,38)/b27-17+. The molecule has 0 spiro atoms. The van der Waals surface area contributed by atoms with Gasteiger partial charge in [-0.3, -0.25) is 14.9 Å². The van der Waals surface area contributed by atoms with Crippen molar-refractivity contribution in [2.45, 2.75) is 13.2 Å². The molecule has 0 radical (unpaired) electrons. The lowest BCUT2D eigenvalue weighted by molar-refractivity contribution is -0.122. The number of anilines is 1. The van der Waals surface area contributed by atoms with E-state index < -0.39 is 17.8 Å². The average Bonchev–Trinajstić information content (AvgIpc) is 2.99. The van der Waals surface area contributed by atoms with Crippen LogP contribution in [0.25, 0.3) is 6.08 Å². The number of carbonyl (C=O) groups is 3. The van der Waals surface area contributed by atoms with Gasteiger partial charge in [-0.05, 0) is 71.3 Å². The van der Waals surface area contributed by atoms with Gasteiger partial charge in [0.05, 0.1) is 12.8 Å². The first-order valence-corrected chi connectivity index (χ1v) is 13.4. The quantitative estimate of drug-likeness (QED) is 0.176. The Bertz CT molecular complexity index is 1600. The summed E-state index contributed by atoms with van der Waals surface area (Å²) in [6, 6.07) is 28.2. The van der Waals surface area contributed by atoms with Gasteiger partial charge in [-0.2, -0.15) is 0 Å². The number of methoxy groups -OCH3 is 1. The molecule has 206 valence electrons. The van der Waals surface area contributed by atoms with Crippen LogP contribution in [-0.2, 0) is 22.8 Å². The highest BCUT2D eigenvalue weighted by atomic mass is 79.9. The average molecular weight is 613 g/mol. The minimum absolute atomic E-state index is 0.195. The SMILES string of the molecule is COc1cc(/C=C2\C(=O)NC(=O)N(c3ccc(OCc4ccccc4)cc3)C2=O)ccc1OCc1ccc(Br)cc1.